The van der Waals surface area contributed by atoms with Gasteiger partial charge in [-0.3, -0.25) is 14.4 Å². The molecule has 1 heterocycles. The van der Waals surface area contributed by atoms with Gasteiger partial charge in [-0.05, 0) is 49.4 Å². The molecule has 1 aliphatic carbocycles. The molecule has 9 nitrogen and oxygen atoms in total. The highest BCUT2D eigenvalue weighted by Gasteiger charge is 2.36. The molecule has 35 heavy (non-hydrogen) atoms. The average molecular weight is 496 g/mol. The van der Waals surface area contributed by atoms with Crippen LogP contribution in [0.15, 0.2) is 33.5 Å². The summed E-state index contributed by atoms with van der Waals surface area (Å²) in [5, 5.41) is 11.0. The van der Waals surface area contributed by atoms with Crippen molar-refractivity contribution in [3.8, 4) is 0 Å². The Morgan fingerprint density at radius 1 is 1.14 bits per heavy atom. The third-order valence-corrected chi connectivity index (χ3v) is 5.88. The molecule has 1 saturated carbocycles. The standard InChI is InChI=1S/C23H27F3N4O5/c1-12(2)11-17(18(31)21-29-30-22(34)35-21)28-20(33)15-5-3-4-6-16(15)27-19(32)13-7-9-14(10-8-13)23(24,25)26/h7-10,12,15-17H,3-6,11H2,1-2H3,(H,27,32)(H,28,33)(H,30,34)/t15-,16+,17+/m1/s1. The van der Waals surface area contributed by atoms with Crippen LogP contribution in [0, 0.1) is 11.8 Å². The molecule has 190 valence electrons. The third-order valence-electron chi connectivity index (χ3n) is 5.88. The van der Waals surface area contributed by atoms with Crippen LogP contribution in [-0.2, 0) is 11.0 Å². The first-order chi connectivity index (χ1) is 16.5. The van der Waals surface area contributed by atoms with Gasteiger partial charge in [-0.15, -0.1) is 5.10 Å². The van der Waals surface area contributed by atoms with Crippen LogP contribution < -0.4 is 16.4 Å². The van der Waals surface area contributed by atoms with Gasteiger partial charge in [-0.2, -0.15) is 13.2 Å². The second-order valence-electron chi connectivity index (χ2n) is 9.02. The van der Waals surface area contributed by atoms with Crippen LogP contribution in [0.3, 0.4) is 0 Å². The molecule has 0 saturated heterocycles. The van der Waals surface area contributed by atoms with E-state index in [2.05, 4.69) is 15.7 Å². The molecular formula is C23H27F3N4O5. The molecule has 1 fully saturated rings. The zero-order chi connectivity index (χ0) is 25.8. The number of H-pyrrole nitrogens is 1. The van der Waals surface area contributed by atoms with Crippen LogP contribution in [0.5, 0.6) is 0 Å². The molecule has 1 aromatic carbocycles. The summed E-state index contributed by atoms with van der Waals surface area (Å²) in [6.45, 7) is 3.72. The number of hydrogen-bond acceptors (Lipinski definition) is 6. The fourth-order valence-electron chi connectivity index (χ4n) is 4.15. The Balaban J connectivity index is 1.71. The topological polar surface area (TPSA) is 134 Å². The molecule has 3 atom stereocenters. The molecule has 0 bridgehead atoms. The summed E-state index contributed by atoms with van der Waals surface area (Å²) >= 11 is 0. The second-order valence-corrected chi connectivity index (χ2v) is 9.02. The lowest BCUT2D eigenvalue weighted by Gasteiger charge is -2.32. The molecule has 2 aromatic rings. The molecule has 3 N–H and O–H groups in total. The van der Waals surface area contributed by atoms with Crippen molar-refractivity contribution in [2.75, 3.05) is 0 Å². The van der Waals surface area contributed by atoms with Gasteiger partial charge in [0.25, 0.3) is 11.8 Å². The van der Waals surface area contributed by atoms with Gasteiger partial charge in [0.2, 0.25) is 11.7 Å². The first-order valence-corrected chi connectivity index (χ1v) is 11.3. The van der Waals surface area contributed by atoms with E-state index >= 15 is 0 Å². The Morgan fingerprint density at radius 3 is 2.37 bits per heavy atom. The number of halogens is 3. The lowest BCUT2D eigenvalue weighted by Crippen LogP contribution is -2.52. The smallest absolute Gasteiger partial charge is 0.384 e. The van der Waals surface area contributed by atoms with Crippen molar-refractivity contribution in [2.24, 2.45) is 11.8 Å². The zero-order valence-corrected chi connectivity index (χ0v) is 19.3. The third kappa shape index (κ3) is 6.80. The summed E-state index contributed by atoms with van der Waals surface area (Å²) in [4.78, 5) is 49.8. The number of alkyl halides is 3. The summed E-state index contributed by atoms with van der Waals surface area (Å²) in [5.41, 5.74) is -0.818. The average Bonchev–Trinajstić information content (AvgIpc) is 3.24. The Kier molecular flexibility index (Phi) is 8.13. The van der Waals surface area contributed by atoms with Gasteiger partial charge >= 0.3 is 11.9 Å². The van der Waals surface area contributed by atoms with Crippen LogP contribution in [0.4, 0.5) is 13.2 Å². The number of rotatable bonds is 8. The van der Waals surface area contributed by atoms with Crippen LogP contribution in [0.25, 0.3) is 0 Å². The van der Waals surface area contributed by atoms with E-state index < -0.39 is 59.0 Å². The molecule has 0 aliphatic heterocycles. The first kappa shape index (κ1) is 26.2. The van der Waals surface area contributed by atoms with Gasteiger partial charge in [-0.25, -0.2) is 9.89 Å². The largest absolute Gasteiger partial charge is 0.434 e. The monoisotopic (exact) mass is 496 g/mol. The summed E-state index contributed by atoms with van der Waals surface area (Å²) < 4.78 is 43.1. The van der Waals surface area contributed by atoms with E-state index in [1.807, 2.05) is 18.9 Å². The Bertz CT molecular complexity index is 1110. The fraction of sp³-hybridized carbons (Fsp3) is 0.522. The van der Waals surface area contributed by atoms with E-state index in [4.69, 9.17) is 4.42 Å². The van der Waals surface area contributed by atoms with E-state index in [1.54, 1.807) is 0 Å². The van der Waals surface area contributed by atoms with Gasteiger partial charge in [0.1, 0.15) is 0 Å². The number of carbonyl (C=O) groups is 3. The summed E-state index contributed by atoms with van der Waals surface area (Å²) in [6.07, 6.45) is -1.78. The number of nitrogens with one attached hydrogen (secondary N) is 3. The van der Waals surface area contributed by atoms with Crippen molar-refractivity contribution in [3.63, 3.8) is 0 Å². The molecule has 0 unspecified atom stereocenters. The molecular weight excluding hydrogens is 469 g/mol. The van der Waals surface area contributed by atoms with Crippen molar-refractivity contribution in [1.29, 1.82) is 0 Å². The predicted molar refractivity (Wildman–Crippen MR) is 117 cm³/mol. The minimum absolute atomic E-state index is 0.0245. The molecule has 1 aromatic heterocycles. The van der Waals surface area contributed by atoms with E-state index in [-0.39, 0.29) is 17.9 Å². The van der Waals surface area contributed by atoms with Crippen molar-refractivity contribution in [1.82, 2.24) is 20.8 Å². The minimum atomic E-state index is -4.51. The summed E-state index contributed by atoms with van der Waals surface area (Å²) in [5.74, 6) is -3.62. The number of nitrogens with zero attached hydrogens (tertiary/aromatic N) is 1. The molecule has 12 heteroatoms. The number of carbonyl (C=O) groups excluding carboxylic acids is 3. The quantitative estimate of drug-likeness (QED) is 0.481. The van der Waals surface area contributed by atoms with E-state index in [0.717, 1.165) is 37.1 Å². The van der Waals surface area contributed by atoms with Crippen molar-refractivity contribution >= 4 is 17.6 Å². The van der Waals surface area contributed by atoms with Crippen molar-refractivity contribution < 1.29 is 32.0 Å². The number of aromatic nitrogens is 2. The van der Waals surface area contributed by atoms with Gasteiger partial charge in [0.05, 0.1) is 17.5 Å². The number of benzene rings is 1. The lowest BCUT2D eigenvalue weighted by atomic mass is 9.83. The normalized spacial score (nSPS) is 19.3. The van der Waals surface area contributed by atoms with Crippen LogP contribution in [0.2, 0.25) is 0 Å². The van der Waals surface area contributed by atoms with Crippen molar-refractivity contribution in [2.45, 2.75) is 64.2 Å². The van der Waals surface area contributed by atoms with Crippen molar-refractivity contribution in [3.05, 3.63) is 51.8 Å². The highest BCUT2D eigenvalue weighted by Crippen LogP contribution is 2.29. The maximum Gasteiger partial charge on any atom is 0.434 e. The van der Waals surface area contributed by atoms with Gasteiger partial charge in [0.15, 0.2) is 0 Å². The van der Waals surface area contributed by atoms with Crippen LogP contribution in [0.1, 0.15) is 72.6 Å². The summed E-state index contributed by atoms with van der Waals surface area (Å²) in [7, 11) is 0. The highest BCUT2D eigenvalue weighted by atomic mass is 19.4. The van der Waals surface area contributed by atoms with Gasteiger partial charge in [0, 0.05) is 11.6 Å². The Hall–Kier alpha value is -3.44. The van der Waals surface area contributed by atoms with Gasteiger partial charge in [-0.1, -0.05) is 26.7 Å². The number of aromatic amines is 1. The van der Waals surface area contributed by atoms with E-state index in [1.165, 1.54) is 0 Å². The second kappa shape index (κ2) is 10.9. The lowest BCUT2D eigenvalue weighted by molar-refractivity contribution is -0.137. The molecule has 1 aliphatic rings. The SMILES string of the molecule is CC(C)C[C@H](NC(=O)[C@@H]1CCCC[C@@H]1NC(=O)c1ccc(C(F)(F)F)cc1)C(=O)c1n[nH]c(=O)o1. The summed E-state index contributed by atoms with van der Waals surface area (Å²) in [6, 6.07) is 2.29. The molecule has 0 radical (unpaired) electrons. The molecule has 3 rings (SSSR count). The predicted octanol–water partition coefficient (Wildman–Crippen LogP) is 3.08. The highest BCUT2D eigenvalue weighted by molar-refractivity contribution is 5.99. The zero-order valence-electron chi connectivity index (χ0n) is 19.3. The number of amides is 2. The maximum atomic E-state index is 13.2. The van der Waals surface area contributed by atoms with Crippen LogP contribution in [-0.4, -0.2) is 39.9 Å². The van der Waals surface area contributed by atoms with Crippen LogP contribution >= 0.6 is 0 Å². The first-order valence-electron chi connectivity index (χ1n) is 11.3. The Labute approximate surface area is 198 Å². The maximum absolute atomic E-state index is 13.2. The molecule has 0 spiro atoms. The number of Topliss-reactive ketones (excluding diaryl/α,β-unsaturated/α-hetero) is 1. The van der Waals surface area contributed by atoms with E-state index in [9.17, 15) is 32.3 Å². The molecule has 2 amide bonds. The number of ketones is 1. The fourth-order valence-corrected chi connectivity index (χ4v) is 4.15. The van der Waals surface area contributed by atoms with E-state index in [0.29, 0.717) is 12.8 Å². The minimum Gasteiger partial charge on any atom is -0.384 e. The van der Waals surface area contributed by atoms with Gasteiger partial charge < -0.3 is 15.1 Å². The Morgan fingerprint density at radius 2 is 1.80 bits per heavy atom. The number of hydrogen-bond donors (Lipinski definition) is 3.